The Morgan fingerprint density at radius 1 is 1.45 bits per heavy atom. The number of amides is 2. The molecule has 2 amide bonds. The molecule has 38 heavy (non-hydrogen) atoms. The number of thioether (sulfide) groups is 1. The average Bonchev–Trinajstić information content (AvgIpc) is 3.52. The molecule has 5 heterocycles. The van der Waals surface area contributed by atoms with E-state index in [0.717, 1.165) is 21.9 Å². The topological polar surface area (TPSA) is 182 Å². The summed E-state index contributed by atoms with van der Waals surface area (Å²) in [6.45, 7) is 2.11. The molecule has 1 fully saturated rings. The standard InChI is InChI=1S/C23H20N8O5S2/c1-2-36-28-16(14-11-38-23(25)26-14)19(32)27-17-20(33)31-18(22(34)35)13(10-37-21(17)31)9-30-6-5-29-8-12(7-24)3-4-15(29)30/h3-6,8,11,17,21H,2,9-10H2,1H3,(H3-,25,26,27,32,34,35)/b28-16-/t17-,21-/m1/s1. The molecular weight excluding hydrogens is 532 g/mol. The number of fused-ring (bicyclic) bond motifs is 2. The van der Waals surface area contributed by atoms with Crippen molar-refractivity contribution < 1.29 is 28.9 Å². The van der Waals surface area contributed by atoms with Gasteiger partial charge in [0.1, 0.15) is 54.9 Å². The number of hydrogen-bond acceptors (Lipinski definition) is 11. The molecule has 1 saturated heterocycles. The van der Waals surface area contributed by atoms with Crippen molar-refractivity contribution in [2.45, 2.75) is 24.9 Å². The molecule has 13 nitrogen and oxygen atoms in total. The molecule has 0 spiro atoms. The van der Waals surface area contributed by atoms with Gasteiger partial charge in [-0.1, -0.05) is 5.16 Å². The minimum Gasteiger partial charge on any atom is -0.543 e. The van der Waals surface area contributed by atoms with Gasteiger partial charge in [-0.3, -0.25) is 14.5 Å². The third-order valence-corrected chi connectivity index (χ3v) is 7.95. The minimum atomic E-state index is -1.48. The number of oxime groups is 1. The summed E-state index contributed by atoms with van der Waals surface area (Å²) in [5.41, 5.74) is 7.25. The van der Waals surface area contributed by atoms with E-state index in [0.29, 0.717) is 16.9 Å². The first kappa shape index (κ1) is 25.2. The third-order valence-electron chi connectivity index (χ3n) is 5.94. The Morgan fingerprint density at radius 3 is 2.95 bits per heavy atom. The normalized spacial score (nSPS) is 19.1. The van der Waals surface area contributed by atoms with Crippen LogP contribution in [0, 0.1) is 11.3 Å². The van der Waals surface area contributed by atoms with Crippen molar-refractivity contribution in [2.75, 3.05) is 18.1 Å². The van der Waals surface area contributed by atoms with E-state index in [-0.39, 0.29) is 35.4 Å². The van der Waals surface area contributed by atoms with E-state index in [2.05, 4.69) is 21.5 Å². The first-order chi connectivity index (χ1) is 18.3. The molecule has 15 heteroatoms. The Morgan fingerprint density at radius 2 is 2.26 bits per heavy atom. The van der Waals surface area contributed by atoms with Gasteiger partial charge in [-0.15, -0.1) is 23.1 Å². The first-order valence-electron chi connectivity index (χ1n) is 11.3. The van der Waals surface area contributed by atoms with Crippen LogP contribution in [0.5, 0.6) is 0 Å². The third kappa shape index (κ3) is 4.44. The zero-order valence-corrected chi connectivity index (χ0v) is 21.5. The van der Waals surface area contributed by atoms with Gasteiger partial charge < -0.3 is 25.8 Å². The van der Waals surface area contributed by atoms with E-state index in [1.807, 2.05) is 4.57 Å². The Kier molecular flexibility index (Phi) is 6.74. The van der Waals surface area contributed by atoms with Crippen LogP contribution in [-0.4, -0.2) is 61.6 Å². The van der Waals surface area contributed by atoms with E-state index >= 15 is 0 Å². The Hall–Kier alpha value is -4.42. The molecule has 3 N–H and O–H groups in total. The molecule has 2 atom stereocenters. The predicted molar refractivity (Wildman–Crippen MR) is 134 cm³/mol. The molecule has 3 aromatic rings. The number of pyridine rings is 1. The zero-order chi connectivity index (χ0) is 27.0. The highest BCUT2D eigenvalue weighted by Gasteiger charge is 2.53. The number of nitrogens with two attached hydrogens (primary N) is 1. The molecule has 2 aliphatic rings. The Bertz CT molecular complexity index is 1570. The second-order valence-electron chi connectivity index (χ2n) is 8.25. The summed E-state index contributed by atoms with van der Waals surface area (Å²) < 4.78 is 3.58. The summed E-state index contributed by atoms with van der Waals surface area (Å²) in [6.07, 6.45) is 5.19. The van der Waals surface area contributed by atoms with Crippen molar-refractivity contribution in [1.29, 1.82) is 5.26 Å². The number of rotatable bonds is 8. The number of thiazole rings is 1. The lowest BCUT2D eigenvalue weighted by atomic mass is 10.0. The second-order valence-corrected chi connectivity index (χ2v) is 10.2. The fourth-order valence-electron chi connectivity index (χ4n) is 4.24. The maximum Gasteiger partial charge on any atom is 0.286 e. The Balaban J connectivity index is 1.37. The molecule has 0 aliphatic carbocycles. The van der Waals surface area contributed by atoms with Gasteiger partial charge in [0.15, 0.2) is 10.8 Å². The number of aromatic nitrogens is 3. The summed E-state index contributed by atoms with van der Waals surface area (Å²) >= 11 is 2.46. The van der Waals surface area contributed by atoms with Gasteiger partial charge in [-0.25, -0.2) is 14.0 Å². The van der Waals surface area contributed by atoms with Crippen LogP contribution in [0.4, 0.5) is 5.13 Å². The lowest BCUT2D eigenvalue weighted by Crippen LogP contribution is -2.71. The number of nitrogen functional groups attached to an aromatic ring is 1. The number of nitrogens with zero attached hydrogens (tertiary/aromatic N) is 6. The van der Waals surface area contributed by atoms with Gasteiger partial charge in [0.2, 0.25) is 0 Å². The molecule has 3 aromatic heterocycles. The van der Waals surface area contributed by atoms with Crippen LogP contribution in [0.15, 0.2) is 52.5 Å². The van der Waals surface area contributed by atoms with E-state index in [1.54, 1.807) is 47.4 Å². The quantitative estimate of drug-likeness (QED) is 0.153. The number of nitrogens with one attached hydrogen (secondary N) is 1. The van der Waals surface area contributed by atoms with E-state index in [9.17, 15) is 19.5 Å². The summed E-state index contributed by atoms with van der Waals surface area (Å²) in [5.74, 6) is -2.45. The van der Waals surface area contributed by atoms with Crippen molar-refractivity contribution in [1.82, 2.24) is 19.6 Å². The number of anilines is 1. The summed E-state index contributed by atoms with van der Waals surface area (Å²) in [4.78, 5) is 48.5. The van der Waals surface area contributed by atoms with Crippen LogP contribution < -0.4 is 20.7 Å². The van der Waals surface area contributed by atoms with Crippen LogP contribution in [0.3, 0.4) is 0 Å². The van der Waals surface area contributed by atoms with Gasteiger partial charge in [-0.2, -0.15) is 5.26 Å². The fourth-order valence-corrected chi connectivity index (χ4v) is 6.12. The number of aliphatic carboxylic acids is 1. The molecule has 5 rings (SSSR count). The van der Waals surface area contributed by atoms with E-state index in [4.69, 9.17) is 15.8 Å². The lowest BCUT2D eigenvalue weighted by Gasteiger charge is -2.50. The van der Waals surface area contributed by atoms with Gasteiger partial charge in [0.25, 0.3) is 17.5 Å². The number of nitriles is 1. The molecular formula is C23H20N8O5S2. The largest absolute Gasteiger partial charge is 0.543 e. The van der Waals surface area contributed by atoms with E-state index < -0.39 is 29.2 Å². The zero-order valence-electron chi connectivity index (χ0n) is 19.9. The van der Waals surface area contributed by atoms with Gasteiger partial charge in [0, 0.05) is 22.8 Å². The predicted octanol–water partition coefficient (Wildman–Crippen LogP) is -1.02. The van der Waals surface area contributed by atoms with Crippen molar-refractivity contribution in [2.24, 2.45) is 5.16 Å². The molecule has 0 unspecified atom stereocenters. The summed E-state index contributed by atoms with van der Waals surface area (Å²) in [6, 6.07) is 4.53. The minimum absolute atomic E-state index is 0.139. The van der Waals surface area contributed by atoms with Crippen molar-refractivity contribution >= 4 is 57.4 Å². The number of β-lactam (4-membered cyclic amide) rings is 1. The maximum atomic E-state index is 13.1. The molecule has 0 saturated carbocycles. The Labute approximate surface area is 223 Å². The van der Waals surface area contributed by atoms with Gasteiger partial charge >= 0.3 is 0 Å². The number of carboxylic acid groups (broad SMARTS) is 1. The smallest absolute Gasteiger partial charge is 0.286 e. The molecule has 2 aliphatic heterocycles. The number of carbonyl (C=O) groups excluding carboxylic acids is 3. The molecule has 0 aromatic carbocycles. The van der Waals surface area contributed by atoms with Crippen LogP contribution >= 0.6 is 23.1 Å². The molecule has 194 valence electrons. The van der Waals surface area contributed by atoms with E-state index in [1.165, 1.54) is 11.8 Å². The number of carbonyl (C=O) groups is 3. The SMILES string of the molecule is CCO/N=C(\C(=O)N[C@@H]1C(=O)N2C(C(=O)[O-])=C(C[n+]3ccn4cc(C#N)ccc43)CS[C@H]12)c1csc(N)n1. The molecule has 0 bridgehead atoms. The number of hydrogen-bond donors (Lipinski definition) is 2. The maximum absolute atomic E-state index is 13.1. The van der Waals surface area contributed by atoms with Crippen molar-refractivity contribution in [3.8, 4) is 6.07 Å². The van der Waals surface area contributed by atoms with Crippen molar-refractivity contribution in [3.05, 3.63) is 58.6 Å². The first-order valence-corrected chi connectivity index (χ1v) is 13.3. The van der Waals surface area contributed by atoms with Crippen LogP contribution in [0.25, 0.3) is 5.65 Å². The monoisotopic (exact) mass is 552 g/mol. The highest BCUT2D eigenvalue weighted by atomic mass is 32.2. The second kappa shape index (κ2) is 10.1. The van der Waals surface area contributed by atoms with Crippen LogP contribution in [-0.2, 0) is 25.8 Å². The van der Waals surface area contributed by atoms with Crippen molar-refractivity contribution in [3.63, 3.8) is 0 Å². The summed E-state index contributed by atoms with van der Waals surface area (Å²) in [5, 5.41) is 28.9. The van der Waals surface area contributed by atoms with Gasteiger partial charge in [-0.05, 0) is 13.0 Å². The highest BCUT2D eigenvalue weighted by Crippen LogP contribution is 2.40. The lowest BCUT2D eigenvalue weighted by molar-refractivity contribution is -0.662. The van der Waals surface area contributed by atoms with Crippen LogP contribution in [0.2, 0.25) is 0 Å². The van der Waals surface area contributed by atoms with Gasteiger partial charge in [0.05, 0.1) is 17.2 Å². The number of carboxylic acids is 1. The fraction of sp³-hybridized carbons (Fsp3) is 0.261. The summed E-state index contributed by atoms with van der Waals surface area (Å²) in [7, 11) is 0. The van der Waals surface area contributed by atoms with Crippen LogP contribution in [0.1, 0.15) is 18.2 Å². The number of imidazole rings is 1. The molecule has 0 radical (unpaired) electrons. The highest BCUT2D eigenvalue weighted by molar-refractivity contribution is 8.00. The average molecular weight is 553 g/mol.